The lowest BCUT2D eigenvalue weighted by atomic mass is 10.0. The third kappa shape index (κ3) is 2.86. The molecule has 0 N–H and O–H groups in total. The first-order valence-electron chi connectivity index (χ1n) is 4.00. The molecule has 12 heavy (non-hydrogen) atoms. The highest BCUT2D eigenvalue weighted by atomic mass is 16.5. The van der Waals surface area contributed by atoms with E-state index >= 15 is 0 Å². The van der Waals surface area contributed by atoms with Crippen molar-refractivity contribution in [2.24, 2.45) is 5.92 Å². The fourth-order valence-electron chi connectivity index (χ4n) is 0.869. The van der Waals surface area contributed by atoms with Gasteiger partial charge < -0.3 is 4.74 Å². The summed E-state index contributed by atoms with van der Waals surface area (Å²) in [6, 6.07) is 0. The minimum atomic E-state index is -0.664. The standard InChI is InChI=1S/C9H14O3/c1-4-7(8(10)5-2)9(11)12-6-3/h5,7H,2,4,6H2,1,3H3. The fraction of sp³-hybridized carbons (Fsp3) is 0.556. The molecule has 0 saturated heterocycles. The van der Waals surface area contributed by atoms with Gasteiger partial charge in [0.15, 0.2) is 5.78 Å². The van der Waals surface area contributed by atoms with Gasteiger partial charge in [0.25, 0.3) is 0 Å². The van der Waals surface area contributed by atoms with Gasteiger partial charge in [0, 0.05) is 0 Å². The number of allylic oxidation sites excluding steroid dienone is 1. The molecule has 3 nitrogen and oxygen atoms in total. The normalized spacial score (nSPS) is 11.8. The van der Waals surface area contributed by atoms with Crippen molar-refractivity contribution in [3.05, 3.63) is 12.7 Å². The van der Waals surface area contributed by atoms with Gasteiger partial charge in [-0.2, -0.15) is 0 Å². The summed E-state index contributed by atoms with van der Waals surface area (Å²) in [6.07, 6.45) is 1.62. The summed E-state index contributed by atoms with van der Waals surface area (Å²) in [5, 5.41) is 0. The van der Waals surface area contributed by atoms with Gasteiger partial charge in [-0.1, -0.05) is 13.5 Å². The fourth-order valence-corrected chi connectivity index (χ4v) is 0.869. The number of carbonyl (C=O) groups excluding carboxylic acids is 2. The van der Waals surface area contributed by atoms with Crippen LogP contribution in [0.25, 0.3) is 0 Å². The topological polar surface area (TPSA) is 43.4 Å². The quantitative estimate of drug-likeness (QED) is 0.355. The molecule has 0 aromatic rings. The molecule has 0 bridgehead atoms. The highest BCUT2D eigenvalue weighted by Crippen LogP contribution is 2.07. The van der Waals surface area contributed by atoms with E-state index in [2.05, 4.69) is 6.58 Å². The molecule has 1 unspecified atom stereocenters. The van der Waals surface area contributed by atoms with Crippen LogP contribution in [0, 0.1) is 5.92 Å². The van der Waals surface area contributed by atoms with Gasteiger partial charge in [0.2, 0.25) is 0 Å². The second-order valence-electron chi connectivity index (χ2n) is 2.32. The zero-order chi connectivity index (χ0) is 9.56. The third-order valence-corrected chi connectivity index (χ3v) is 1.52. The average molecular weight is 170 g/mol. The Morgan fingerprint density at radius 2 is 2.08 bits per heavy atom. The van der Waals surface area contributed by atoms with Crippen LogP contribution in [0.5, 0.6) is 0 Å². The van der Waals surface area contributed by atoms with Crippen molar-refractivity contribution in [3.63, 3.8) is 0 Å². The summed E-state index contributed by atoms with van der Waals surface area (Å²) in [5.74, 6) is -1.39. The molecule has 0 spiro atoms. The highest BCUT2D eigenvalue weighted by Gasteiger charge is 2.23. The summed E-state index contributed by atoms with van der Waals surface area (Å²) in [7, 11) is 0. The van der Waals surface area contributed by atoms with Crippen LogP contribution in [-0.4, -0.2) is 18.4 Å². The minimum absolute atomic E-state index is 0.268. The first-order valence-corrected chi connectivity index (χ1v) is 4.00. The van der Waals surface area contributed by atoms with Crippen molar-refractivity contribution in [1.82, 2.24) is 0 Å². The van der Waals surface area contributed by atoms with Crippen molar-refractivity contribution in [2.75, 3.05) is 6.61 Å². The van der Waals surface area contributed by atoms with E-state index in [-0.39, 0.29) is 5.78 Å². The van der Waals surface area contributed by atoms with Gasteiger partial charge in [-0.3, -0.25) is 9.59 Å². The van der Waals surface area contributed by atoms with Crippen molar-refractivity contribution >= 4 is 11.8 Å². The maximum Gasteiger partial charge on any atom is 0.316 e. The Kier molecular flexibility index (Phi) is 5.00. The molecular weight excluding hydrogens is 156 g/mol. The lowest BCUT2D eigenvalue weighted by Crippen LogP contribution is -2.24. The molecule has 0 fully saturated rings. The maximum absolute atomic E-state index is 11.1. The molecule has 68 valence electrons. The van der Waals surface area contributed by atoms with Crippen LogP contribution in [-0.2, 0) is 14.3 Å². The summed E-state index contributed by atoms with van der Waals surface area (Å²) in [4.78, 5) is 22.1. The molecule has 0 saturated carbocycles. The largest absolute Gasteiger partial charge is 0.465 e. The lowest BCUT2D eigenvalue weighted by molar-refractivity contribution is -0.150. The van der Waals surface area contributed by atoms with Gasteiger partial charge in [-0.15, -0.1) is 0 Å². The average Bonchev–Trinajstić information content (AvgIpc) is 2.06. The Bertz CT molecular complexity index is 184. The molecule has 0 amide bonds. The smallest absolute Gasteiger partial charge is 0.316 e. The second-order valence-corrected chi connectivity index (χ2v) is 2.32. The Morgan fingerprint density at radius 1 is 1.50 bits per heavy atom. The number of ketones is 1. The third-order valence-electron chi connectivity index (χ3n) is 1.52. The summed E-state index contributed by atoms with van der Waals surface area (Å²) in [5.41, 5.74) is 0. The molecule has 1 atom stereocenters. The number of rotatable bonds is 5. The Morgan fingerprint density at radius 3 is 2.42 bits per heavy atom. The molecule has 0 aromatic carbocycles. The van der Waals surface area contributed by atoms with E-state index in [1.807, 2.05) is 0 Å². The van der Waals surface area contributed by atoms with Crippen molar-refractivity contribution in [3.8, 4) is 0 Å². The summed E-state index contributed by atoms with van der Waals surface area (Å²) >= 11 is 0. The molecule has 0 aliphatic carbocycles. The molecule has 0 aromatic heterocycles. The van der Waals surface area contributed by atoms with Gasteiger partial charge >= 0.3 is 5.97 Å². The van der Waals surface area contributed by atoms with E-state index in [9.17, 15) is 9.59 Å². The van der Waals surface area contributed by atoms with E-state index in [1.165, 1.54) is 0 Å². The minimum Gasteiger partial charge on any atom is -0.465 e. The first kappa shape index (κ1) is 10.9. The monoisotopic (exact) mass is 170 g/mol. The lowest BCUT2D eigenvalue weighted by Gasteiger charge is -2.09. The van der Waals surface area contributed by atoms with E-state index in [4.69, 9.17) is 4.74 Å². The number of ether oxygens (including phenoxy) is 1. The molecular formula is C9H14O3. The summed E-state index contributed by atoms with van der Waals surface area (Å²) in [6.45, 7) is 7.10. The maximum atomic E-state index is 11.1. The number of hydrogen-bond donors (Lipinski definition) is 0. The number of esters is 1. The highest BCUT2D eigenvalue weighted by molar-refractivity contribution is 6.04. The van der Waals surface area contributed by atoms with Gasteiger partial charge in [0.1, 0.15) is 5.92 Å². The SMILES string of the molecule is C=CC(=O)C(CC)C(=O)OCC. The first-order chi connectivity index (χ1) is 5.67. The van der Waals surface area contributed by atoms with Crippen LogP contribution in [0.3, 0.4) is 0 Å². The second kappa shape index (κ2) is 5.52. The number of carbonyl (C=O) groups is 2. The predicted molar refractivity (Wildman–Crippen MR) is 45.6 cm³/mol. The van der Waals surface area contributed by atoms with E-state index in [0.717, 1.165) is 6.08 Å². The molecule has 0 heterocycles. The van der Waals surface area contributed by atoms with Crippen LogP contribution in [0.15, 0.2) is 12.7 Å². The van der Waals surface area contributed by atoms with E-state index in [1.54, 1.807) is 13.8 Å². The van der Waals surface area contributed by atoms with Crippen LogP contribution >= 0.6 is 0 Å². The zero-order valence-electron chi connectivity index (χ0n) is 7.50. The van der Waals surface area contributed by atoms with Crippen LogP contribution in [0.2, 0.25) is 0 Å². The van der Waals surface area contributed by atoms with Crippen molar-refractivity contribution in [1.29, 1.82) is 0 Å². The predicted octanol–water partition coefficient (Wildman–Crippen LogP) is 1.33. The Labute approximate surface area is 72.4 Å². The Hall–Kier alpha value is -1.12. The molecule has 0 radical (unpaired) electrons. The van der Waals surface area contributed by atoms with Crippen molar-refractivity contribution in [2.45, 2.75) is 20.3 Å². The van der Waals surface area contributed by atoms with Gasteiger partial charge in [-0.05, 0) is 19.4 Å². The zero-order valence-corrected chi connectivity index (χ0v) is 7.50. The molecule has 0 aliphatic heterocycles. The van der Waals surface area contributed by atoms with Crippen LogP contribution < -0.4 is 0 Å². The van der Waals surface area contributed by atoms with Crippen LogP contribution in [0.4, 0.5) is 0 Å². The molecule has 3 heteroatoms. The summed E-state index contributed by atoms with van der Waals surface area (Å²) < 4.78 is 4.71. The van der Waals surface area contributed by atoms with Gasteiger partial charge in [-0.25, -0.2) is 0 Å². The molecule has 0 aliphatic rings. The van der Waals surface area contributed by atoms with Crippen LogP contribution in [0.1, 0.15) is 20.3 Å². The van der Waals surface area contributed by atoms with Gasteiger partial charge in [0.05, 0.1) is 6.61 Å². The van der Waals surface area contributed by atoms with E-state index in [0.29, 0.717) is 13.0 Å². The number of hydrogen-bond acceptors (Lipinski definition) is 3. The van der Waals surface area contributed by atoms with E-state index < -0.39 is 11.9 Å². The van der Waals surface area contributed by atoms with Crippen molar-refractivity contribution < 1.29 is 14.3 Å². The molecule has 0 rings (SSSR count). The Balaban J connectivity index is 4.23.